The molecule has 0 aliphatic rings. The number of nitrogens with one attached hydrogen (secondary N) is 2. The topological polar surface area (TPSA) is 83.8 Å². The molecule has 0 bridgehead atoms. The fourth-order valence-corrected chi connectivity index (χ4v) is 2.52. The maximum atomic E-state index is 14.1. The first-order valence-electron chi connectivity index (χ1n) is 7.49. The van der Waals surface area contributed by atoms with Crippen LogP contribution in [-0.2, 0) is 0 Å². The normalized spacial score (nSPS) is 13.4. The standard InChI is InChI=1S/C15H11F4N7/c1-7(15(17,18)19)24-14-21-4-10-9(3-20-12(10)25-14)8-2-11(16)13-22-6-23-26(13)5-8/h2-7H,1H3,(H2,20,21,24,25)/t7-/m1/s1. The van der Waals surface area contributed by atoms with Crippen molar-refractivity contribution in [1.29, 1.82) is 0 Å². The summed E-state index contributed by atoms with van der Waals surface area (Å²) in [6.07, 6.45) is 1.37. The number of aromatic nitrogens is 6. The molecule has 11 heteroatoms. The number of aromatic amines is 1. The van der Waals surface area contributed by atoms with Crippen LogP contribution in [0.5, 0.6) is 0 Å². The molecule has 0 radical (unpaired) electrons. The van der Waals surface area contributed by atoms with E-state index in [1.807, 2.05) is 0 Å². The number of H-pyrrole nitrogens is 1. The van der Waals surface area contributed by atoms with Gasteiger partial charge >= 0.3 is 6.18 Å². The van der Waals surface area contributed by atoms with Gasteiger partial charge in [0.05, 0.1) is 0 Å². The highest BCUT2D eigenvalue weighted by Gasteiger charge is 2.36. The van der Waals surface area contributed by atoms with E-state index in [0.29, 0.717) is 22.2 Å². The van der Waals surface area contributed by atoms with Crippen LogP contribution in [0.25, 0.3) is 27.8 Å². The van der Waals surface area contributed by atoms with Crippen molar-refractivity contribution in [2.75, 3.05) is 5.32 Å². The highest BCUT2D eigenvalue weighted by Crippen LogP contribution is 2.29. The highest BCUT2D eigenvalue weighted by molar-refractivity contribution is 5.93. The van der Waals surface area contributed by atoms with Gasteiger partial charge in [0.25, 0.3) is 0 Å². The summed E-state index contributed by atoms with van der Waals surface area (Å²) in [4.78, 5) is 14.6. The van der Waals surface area contributed by atoms with Crippen LogP contribution in [0.2, 0.25) is 0 Å². The van der Waals surface area contributed by atoms with Gasteiger partial charge in [-0.3, -0.25) is 0 Å². The Morgan fingerprint density at radius 2 is 2.08 bits per heavy atom. The van der Waals surface area contributed by atoms with E-state index >= 15 is 0 Å². The zero-order valence-corrected chi connectivity index (χ0v) is 13.2. The van der Waals surface area contributed by atoms with Gasteiger partial charge in [-0.2, -0.15) is 23.3 Å². The van der Waals surface area contributed by atoms with Crippen molar-refractivity contribution >= 4 is 22.6 Å². The molecule has 7 nitrogen and oxygen atoms in total. The van der Waals surface area contributed by atoms with Crippen molar-refractivity contribution in [2.45, 2.75) is 19.1 Å². The van der Waals surface area contributed by atoms with Crippen LogP contribution in [0.1, 0.15) is 6.92 Å². The lowest BCUT2D eigenvalue weighted by Crippen LogP contribution is -2.33. The fraction of sp³-hybridized carbons (Fsp3) is 0.200. The summed E-state index contributed by atoms with van der Waals surface area (Å²) >= 11 is 0. The van der Waals surface area contributed by atoms with Gasteiger partial charge in [-0.25, -0.2) is 18.9 Å². The summed E-state index contributed by atoms with van der Waals surface area (Å²) in [6, 6.07) is -0.497. The van der Waals surface area contributed by atoms with Gasteiger partial charge in [-0.1, -0.05) is 0 Å². The van der Waals surface area contributed by atoms with Gasteiger partial charge in [-0.15, -0.1) is 0 Å². The van der Waals surface area contributed by atoms with Crippen molar-refractivity contribution < 1.29 is 17.6 Å². The lowest BCUT2D eigenvalue weighted by molar-refractivity contribution is -0.138. The minimum absolute atomic E-state index is 0.0949. The molecule has 0 unspecified atom stereocenters. The molecule has 0 aromatic carbocycles. The molecule has 134 valence electrons. The summed E-state index contributed by atoms with van der Waals surface area (Å²) in [5.41, 5.74) is 1.51. The van der Waals surface area contributed by atoms with Crippen LogP contribution >= 0.6 is 0 Å². The predicted molar refractivity (Wildman–Crippen MR) is 85.0 cm³/mol. The fourth-order valence-electron chi connectivity index (χ4n) is 2.52. The third-order valence-corrected chi connectivity index (χ3v) is 3.91. The van der Waals surface area contributed by atoms with Gasteiger partial charge in [0, 0.05) is 35.1 Å². The lowest BCUT2D eigenvalue weighted by atomic mass is 10.1. The Kier molecular flexibility index (Phi) is 3.53. The predicted octanol–water partition coefficient (Wildman–Crippen LogP) is 3.17. The Hall–Kier alpha value is -3.24. The molecule has 4 aromatic heterocycles. The van der Waals surface area contributed by atoms with Crippen LogP contribution in [0.4, 0.5) is 23.5 Å². The second kappa shape index (κ2) is 5.64. The molecule has 1 atom stereocenters. The molecular weight excluding hydrogens is 354 g/mol. The van der Waals surface area contributed by atoms with E-state index in [-0.39, 0.29) is 11.6 Å². The van der Waals surface area contributed by atoms with Gasteiger partial charge in [0.2, 0.25) is 5.95 Å². The molecule has 2 N–H and O–H groups in total. The van der Waals surface area contributed by atoms with E-state index in [4.69, 9.17) is 0 Å². The average Bonchev–Trinajstić information content (AvgIpc) is 3.20. The Morgan fingerprint density at radius 1 is 1.27 bits per heavy atom. The Bertz CT molecular complexity index is 1100. The molecule has 0 saturated carbocycles. The lowest BCUT2D eigenvalue weighted by Gasteiger charge is -2.16. The molecule has 26 heavy (non-hydrogen) atoms. The smallest absolute Gasteiger partial charge is 0.345 e. The van der Waals surface area contributed by atoms with Gasteiger partial charge in [0.1, 0.15) is 18.0 Å². The maximum absolute atomic E-state index is 14.1. The summed E-state index contributed by atoms with van der Waals surface area (Å²) in [5, 5.41) is 6.65. The number of hydrogen-bond acceptors (Lipinski definition) is 5. The number of rotatable bonds is 3. The number of hydrogen-bond donors (Lipinski definition) is 2. The maximum Gasteiger partial charge on any atom is 0.408 e. The van der Waals surface area contributed by atoms with E-state index in [1.165, 1.54) is 23.1 Å². The molecule has 4 heterocycles. The Morgan fingerprint density at radius 3 is 2.85 bits per heavy atom. The van der Waals surface area contributed by atoms with Crippen molar-refractivity contribution in [3.8, 4) is 11.1 Å². The quantitative estimate of drug-likeness (QED) is 0.545. The van der Waals surface area contributed by atoms with Crippen molar-refractivity contribution in [1.82, 2.24) is 29.5 Å². The van der Waals surface area contributed by atoms with E-state index in [1.54, 1.807) is 12.4 Å². The number of anilines is 1. The first-order chi connectivity index (χ1) is 12.3. The minimum Gasteiger partial charge on any atom is -0.345 e. The molecule has 0 spiro atoms. The van der Waals surface area contributed by atoms with Crippen LogP contribution < -0.4 is 5.32 Å². The Balaban J connectivity index is 1.73. The van der Waals surface area contributed by atoms with Crippen LogP contribution in [0.3, 0.4) is 0 Å². The molecule has 0 aliphatic carbocycles. The monoisotopic (exact) mass is 365 g/mol. The van der Waals surface area contributed by atoms with Crippen LogP contribution in [-0.4, -0.2) is 41.8 Å². The van der Waals surface area contributed by atoms with Gasteiger partial charge in [-0.05, 0) is 13.0 Å². The van der Waals surface area contributed by atoms with Gasteiger partial charge in [0.15, 0.2) is 11.5 Å². The minimum atomic E-state index is -4.41. The summed E-state index contributed by atoms with van der Waals surface area (Å²) in [7, 11) is 0. The number of nitrogens with zero attached hydrogens (tertiary/aromatic N) is 5. The molecule has 0 amide bonds. The van der Waals surface area contributed by atoms with E-state index in [2.05, 4.69) is 30.4 Å². The third-order valence-electron chi connectivity index (χ3n) is 3.91. The number of fused-ring (bicyclic) bond motifs is 2. The first-order valence-corrected chi connectivity index (χ1v) is 7.49. The van der Waals surface area contributed by atoms with Crippen LogP contribution in [0.15, 0.2) is 31.0 Å². The third kappa shape index (κ3) is 2.70. The molecular formula is C15H11F4N7. The SMILES string of the molecule is C[C@@H](Nc1ncc2c(-c3cc(F)c4ncnn4c3)c[nH]c2n1)C(F)(F)F. The molecule has 0 saturated heterocycles. The summed E-state index contributed by atoms with van der Waals surface area (Å²) in [5.74, 6) is -0.707. The van der Waals surface area contributed by atoms with Crippen LogP contribution in [0, 0.1) is 5.82 Å². The zero-order chi connectivity index (χ0) is 18.5. The van der Waals surface area contributed by atoms with Crippen molar-refractivity contribution in [3.05, 3.63) is 36.8 Å². The molecule has 4 rings (SSSR count). The molecule has 0 aliphatic heterocycles. The average molecular weight is 365 g/mol. The summed E-state index contributed by atoms with van der Waals surface area (Å²) < 4.78 is 53.3. The highest BCUT2D eigenvalue weighted by atomic mass is 19.4. The second-order valence-electron chi connectivity index (χ2n) is 5.67. The van der Waals surface area contributed by atoms with E-state index in [0.717, 1.165) is 6.92 Å². The van der Waals surface area contributed by atoms with E-state index in [9.17, 15) is 17.6 Å². The first kappa shape index (κ1) is 16.2. The van der Waals surface area contributed by atoms with Crippen molar-refractivity contribution in [3.63, 3.8) is 0 Å². The summed E-state index contributed by atoms with van der Waals surface area (Å²) in [6.45, 7) is 0.976. The number of alkyl halides is 3. The molecule has 0 fully saturated rings. The Labute approximate surface area is 143 Å². The van der Waals surface area contributed by atoms with Crippen molar-refractivity contribution in [2.24, 2.45) is 0 Å². The number of pyridine rings is 1. The zero-order valence-electron chi connectivity index (χ0n) is 13.2. The van der Waals surface area contributed by atoms with E-state index < -0.39 is 18.0 Å². The van der Waals surface area contributed by atoms with Gasteiger partial charge < -0.3 is 10.3 Å². The second-order valence-corrected chi connectivity index (χ2v) is 5.67. The largest absolute Gasteiger partial charge is 0.408 e. The number of halogens is 4. The molecule has 4 aromatic rings.